The number of halogens is 3. The number of nitrogens with zero attached hydrogens (tertiary/aromatic N) is 1. The highest BCUT2D eigenvalue weighted by Crippen LogP contribution is 2.30. The second-order valence-electron chi connectivity index (χ2n) is 6.22. The van der Waals surface area contributed by atoms with Gasteiger partial charge in [0.15, 0.2) is 0 Å². The minimum atomic E-state index is -4.39. The molecule has 1 amide bonds. The van der Waals surface area contributed by atoms with Crippen LogP contribution in [0.5, 0.6) is 0 Å². The molecule has 4 nitrogen and oxygen atoms in total. The minimum absolute atomic E-state index is 0.192. The number of carbonyl (C=O) groups is 1. The lowest BCUT2D eigenvalue weighted by molar-refractivity contribution is -0.137. The fourth-order valence-corrected chi connectivity index (χ4v) is 2.89. The Bertz CT molecular complexity index is 795. The summed E-state index contributed by atoms with van der Waals surface area (Å²) in [7, 11) is 1.54. The van der Waals surface area contributed by atoms with E-state index in [0.717, 1.165) is 29.0 Å². The normalized spacial score (nSPS) is 11.7. The van der Waals surface area contributed by atoms with Crippen molar-refractivity contribution in [2.45, 2.75) is 33.5 Å². The molecule has 2 rings (SSSR count). The molecule has 1 aromatic carbocycles. The van der Waals surface area contributed by atoms with Crippen LogP contribution in [0.25, 0.3) is 0 Å². The highest BCUT2D eigenvalue weighted by Gasteiger charge is 2.30. The number of hydrogen-bond donors (Lipinski definition) is 1. The summed E-state index contributed by atoms with van der Waals surface area (Å²) >= 11 is 0. The molecule has 0 saturated carbocycles. The Labute approximate surface area is 151 Å². The number of alkyl halides is 3. The number of rotatable bonds is 6. The minimum Gasteiger partial charge on any atom is -0.383 e. The number of ether oxygens (including phenoxy) is 1. The number of methoxy groups -OCH3 is 1. The molecule has 0 atom stereocenters. The van der Waals surface area contributed by atoms with Crippen molar-refractivity contribution in [1.82, 2.24) is 9.88 Å². The van der Waals surface area contributed by atoms with E-state index in [4.69, 9.17) is 4.74 Å². The molecule has 7 heteroatoms. The average molecular weight is 368 g/mol. The molecule has 0 aliphatic carbocycles. The Morgan fingerprint density at radius 2 is 1.88 bits per heavy atom. The number of hydrogen-bond acceptors (Lipinski definition) is 2. The van der Waals surface area contributed by atoms with Crippen molar-refractivity contribution in [2.24, 2.45) is 0 Å². The van der Waals surface area contributed by atoms with Gasteiger partial charge in [-0.15, -0.1) is 0 Å². The fraction of sp³-hybridized carbons (Fsp3) is 0.421. The summed E-state index contributed by atoms with van der Waals surface area (Å²) in [6.45, 7) is 6.55. The first kappa shape index (κ1) is 20.0. The van der Waals surface area contributed by atoms with Gasteiger partial charge in [-0.2, -0.15) is 13.2 Å². The number of aromatic nitrogens is 1. The van der Waals surface area contributed by atoms with E-state index in [-0.39, 0.29) is 12.5 Å². The van der Waals surface area contributed by atoms with Gasteiger partial charge in [0.05, 0.1) is 12.2 Å². The second kappa shape index (κ2) is 7.95. The largest absolute Gasteiger partial charge is 0.416 e. The van der Waals surface area contributed by atoms with Crippen LogP contribution in [0.3, 0.4) is 0 Å². The molecule has 0 aliphatic rings. The van der Waals surface area contributed by atoms with Crippen LogP contribution in [0.1, 0.15) is 38.4 Å². The maximum atomic E-state index is 13.0. The zero-order valence-corrected chi connectivity index (χ0v) is 15.3. The van der Waals surface area contributed by atoms with Gasteiger partial charge in [0, 0.05) is 25.9 Å². The molecule has 1 heterocycles. The number of nitrogens with one attached hydrogen (secondary N) is 1. The van der Waals surface area contributed by atoms with Crippen LogP contribution in [-0.4, -0.2) is 30.7 Å². The van der Waals surface area contributed by atoms with Crippen LogP contribution in [0, 0.1) is 20.8 Å². The van der Waals surface area contributed by atoms with Crippen molar-refractivity contribution >= 4 is 5.91 Å². The molecule has 0 spiro atoms. The zero-order valence-electron chi connectivity index (χ0n) is 15.3. The van der Waals surface area contributed by atoms with Gasteiger partial charge in [-0.05, 0) is 49.6 Å². The monoisotopic (exact) mass is 368 g/mol. The molecule has 0 aliphatic heterocycles. The summed E-state index contributed by atoms with van der Waals surface area (Å²) in [4.78, 5) is 12.6. The van der Waals surface area contributed by atoms with E-state index in [1.54, 1.807) is 17.7 Å². The smallest absolute Gasteiger partial charge is 0.383 e. The highest BCUT2D eigenvalue weighted by atomic mass is 19.4. The third kappa shape index (κ3) is 4.27. The quantitative estimate of drug-likeness (QED) is 0.787. The standard InChI is InChI=1S/C19H23F3N2O2/c1-12-13(2)17(18(25)23-8-9-26-4)24(14(12)3)11-15-6-5-7-16(10-15)19(20,21)22/h5-7,10H,8-9,11H2,1-4H3,(H,23,25). The van der Waals surface area contributed by atoms with E-state index < -0.39 is 11.7 Å². The molecule has 26 heavy (non-hydrogen) atoms. The Kier molecular flexibility index (Phi) is 6.13. The number of carbonyl (C=O) groups excluding carboxylic acids is 1. The molecule has 2 aromatic rings. The molecule has 0 saturated heterocycles. The van der Waals surface area contributed by atoms with E-state index in [1.807, 2.05) is 20.8 Å². The Morgan fingerprint density at radius 3 is 2.50 bits per heavy atom. The second-order valence-corrected chi connectivity index (χ2v) is 6.22. The molecule has 142 valence electrons. The SMILES string of the molecule is COCCNC(=O)c1c(C)c(C)c(C)n1Cc1cccc(C(F)(F)F)c1. The summed E-state index contributed by atoms with van der Waals surface area (Å²) < 4.78 is 45.6. The average Bonchev–Trinajstić information content (AvgIpc) is 2.79. The highest BCUT2D eigenvalue weighted by molar-refractivity contribution is 5.95. The van der Waals surface area contributed by atoms with Crippen LogP contribution in [0.2, 0.25) is 0 Å². The van der Waals surface area contributed by atoms with E-state index in [1.165, 1.54) is 6.07 Å². The van der Waals surface area contributed by atoms with Gasteiger partial charge in [-0.1, -0.05) is 12.1 Å². The van der Waals surface area contributed by atoms with E-state index in [9.17, 15) is 18.0 Å². The lowest BCUT2D eigenvalue weighted by atomic mass is 10.1. The zero-order chi connectivity index (χ0) is 19.5. The third-order valence-electron chi connectivity index (χ3n) is 4.54. The van der Waals surface area contributed by atoms with Crippen LogP contribution >= 0.6 is 0 Å². The lowest BCUT2D eigenvalue weighted by Gasteiger charge is -2.14. The molecule has 0 radical (unpaired) electrons. The van der Waals surface area contributed by atoms with Gasteiger partial charge in [0.2, 0.25) is 0 Å². The molecular formula is C19H23F3N2O2. The van der Waals surface area contributed by atoms with Crippen molar-refractivity contribution in [1.29, 1.82) is 0 Å². The predicted octanol–water partition coefficient (Wildman–Crippen LogP) is 3.86. The van der Waals surface area contributed by atoms with Crippen LogP contribution < -0.4 is 5.32 Å². The van der Waals surface area contributed by atoms with Gasteiger partial charge in [0.25, 0.3) is 5.91 Å². The van der Waals surface area contributed by atoms with Gasteiger partial charge in [0.1, 0.15) is 5.69 Å². The first-order chi connectivity index (χ1) is 12.2. The predicted molar refractivity (Wildman–Crippen MR) is 93.4 cm³/mol. The van der Waals surface area contributed by atoms with Gasteiger partial charge >= 0.3 is 6.18 Å². The van der Waals surface area contributed by atoms with Crippen LogP contribution in [-0.2, 0) is 17.5 Å². The summed E-state index contributed by atoms with van der Waals surface area (Å²) in [6.07, 6.45) is -4.39. The summed E-state index contributed by atoms with van der Waals surface area (Å²) in [5.74, 6) is -0.261. The summed E-state index contributed by atoms with van der Waals surface area (Å²) in [6, 6.07) is 5.18. The maximum Gasteiger partial charge on any atom is 0.416 e. The van der Waals surface area contributed by atoms with Crippen molar-refractivity contribution < 1.29 is 22.7 Å². The van der Waals surface area contributed by atoms with E-state index in [0.29, 0.717) is 24.4 Å². The molecule has 0 bridgehead atoms. The van der Waals surface area contributed by atoms with E-state index >= 15 is 0 Å². The Morgan fingerprint density at radius 1 is 1.19 bits per heavy atom. The fourth-order valence-electron chi connectivity index (χ4n) is 2.89. The van der Waals surface area contributed by atoms with Gasteiger partial charge in [-0.25, -0.2) is 0 Å². The summed E-state index contributed by atoms with van der Waals surface area (Å²) in [5.41, 5.74) is 2.90. The molecular weight excluding hydrogens is 345 g/mol. The van der Waals surface area contributed by atoms with Crippen LogP contribution in [0.4, 0.5) is 13.2 Å². The maximum absolute atomic E-state index is 13.0. The molecule has 0 unspecified atom stereocenters. The first-order valence-electron chi connectivity index (χ1n) is 8.26. The van der Waals surface area contributed by atoms with Gasteiger partial charge in [-0.3, -0.25) is 4.79 Å². The molecule has 1 N–H and O–H groups in total. The molecule has 0 fully saturated rings. The third-order valence-corrected chi connectivity index (χ3v) is 4.54. The first-order valence-corrected chi connectivity index (χ1v) is 8.26. The lowest BCUT2D eigenvalue weighted by Crippen LogP contribution is -2.29. The molecule has 1 aromatic heterocycles. The van der Waals surface area contributed by atoms with Crippen molar-refractivity contribution in [2.75, 3.05) is 20.3 Å². The Balaban J connectivity index is 2.38. The van der Waals surface area contributed by atoms with Gasteiger partial charge < -0.3 is 14.6 Å². The number of amides is 1. The summed E-state index contributed by atoms with van der Waals surface area (Å²) in [5, 5.41) is 2.78. The van der Waals surface area contributed by atoms with Crippen LogP contribution in [0.15, 0.2) is 24.3 Å². The van der Waals surface area contributed by atoms with Crippen molar-refractivity contribution in [3.8, 4) is 0 Å². The Hall–Kier alpha value is -2.28. The van der Waals surface area contributed by atoms with E-state index in [2.05, 4.69) is 5.32 Å². The van der Waals surface area contributed by atoms with Crippen molar-refractivity contribution in [3.05, 3.63) is 57.9 Å². The number of benzene rings is 1. The van der Waals surface area contributed by atoms with Crippen molar-refractivity contribution in [3.63, 3.8) is 0 Å². The topological polar surface area (TPSA) is 43.3 Å².